The number of nitrogens with one attached hydrogen (secondary N) is 1. The molecule has 2 fully saturated rings. The summed E-state index contributed by atoms with van der Waals surface area (Å²) in [6.07, 6.45) is 4.76. The molecule has 2 rings (SSSR count). The summed E-state index contributed by atoms with van der Waals surface area (Å²) in [5, 5.41) is 3.65. The van der Waals surface area contributed by atoms with Gasteiger partial charge in [0.25, 0.3) is 0 Å². The molecule has 0 radical (unpaired) electrons. The molecule has 106 valence electrons. The van der Waals surface area contributed by atoms with Gasteiger partial charge in [0, 0.05) is 46.0 Å². The van der Waals surface area contributed by atoms with E-state index in [1.807, 2.05) is 7.11 Å². The summed E-state index contributed by atoms with van der Waals surface area (Å²) in [5.41, 5.74) is 0.0664. The van der Waals surface area contributed by atoms with E-state index in [-0.39, 0.29) is 5.60 Å². The SMILES string of the molecule is COC1(C)CCCN(CCNC2CCOCC2)C1. The van der Waals surface area contributed by atoms with Gasteiger partial charge in [-0.3, -0.25) is 4.90 Å². The van der Waals surface area contributed by atoms with E-state index >= 15 is 0 Å². The maximum Gasteiger partial charge on any atom is 0.0777 e. The van der Waals surface area contributed by atoms with Gasteiger partial charge in [-0.15, -0.1) is 0 Å². The molecule has 0 bridgehead atoms. The molecule has 0 aromatic rings. The Morgan fingerprint density at radius 1 is 1.39 bits per heavy atom. The zero-order valence-corrected chi connectivity index (χ0v) is 11.9. The smallest absolute Gasteiger partial charge is 0.0777 e. The average molecular weight is 256 g/mol. The summed E-state index contributed by atoms with van der Waals surface area (Å²) in [7, 11) is 1.84. The normalized spacial score (nSPS) is 31.7. The van der Waals surface area contributed by atoms with Gasteiger partial charge >= 0.3 is 0 Å². The Hall–Kier alpha value is -0.160. The maximum atomic E-state index is 5.63. The summed E-state index contributed by atoms with van der Waals surface area (Å²) in [6, 6.07) is 0.664. The van der Waals surface area contributed by atoms with Crippen LogP contribution < -0.4 is 5.32 Å². The van der Waals surface area contributed by atoms with Crippen LogP contribution in [0.25, 0.3) is 0 Å². The van der Waals surface area contributed by atoms with Gasteiger partial charge in [-0.25, -0.2) is 0 Å². The van der Waals surface area contributed by atoms with Crippen molar-refractivity contribution in [2.24, 2.45) is 0 Å². The third-order valence-corrected chi connectivity index (χ3v) is 4.31. The zero-order valence-electron chi connectivity index (χ0n) is 11.9. The second kappa shape index (κ2) is 6.85. The molecule has 0 saturated carbocycles. The quantitative estimate of drug-likeness (QED) is 0.803. The fourth-order valence-corrected chi connectivity index (χ4v) is 2.99. The minimum atomic E-state index is 0.0664. The highest BCUT2D eigenvalue weighted by Crippen LogP contribution is 2.23. The topological polar surface area (TPSA) is 33.7 Å². The monoisotopic (exact) mass is 256 g/mol. The molecular formula is C14H28N2O2. The van der Waals surface area contributed by atoms with E-state index in [4.69, 9.17) is 9.47 Å². The van der Waals surface area contributed by atoms with E-state index in [0.717, 1.165) is 45.7 Å². The lowest BCUT2D eigenvalue weighted by atomic mass is 9.95. The van der Waals surface area contributed by atoms with E-state index in [0.29, 0.717) is 6.04 Å². The Labute approximate surface area is 111 Å². The molecule has 1 N–H and O–H groups in total. The van der Waals surface area contributed by atoms with Gasteiger partial charge in [0.1, 0.15) is 0 Å². The largest absolute Gasteiger partial charge is 0.381 e. The third kappa shape index (κ3) is 4.19. The molecule has 1 unspecified atom stereocenters. The van der Waals surface area contributed by atoms with Crippen LogP contribution in [0.15, 0.2) is 0 Å². The number of ether oxygens (including phenoxy) is 2. The van der Waals surface area contributed by atoms with Crippen molar-refractivity contribution in [3.63, 3.8) is 0 Å². The van der Waals surface area contributed by atoms with Crippen LogP contribution >= 0.6 is 0 Å². The highest BCUT2D eigenvalue weighted by Gasteiger charge is 2.30. The molecule has 0 spiro atoms. The molecule has 1 atom stereocenters. The van der Waals surface area contributed by atoms with Gasteiger partial charge in [0.2, 0.25) is 0 Å². The number of hydrogen-bond acceptors (Lipinski definition) is 4. The number of hydrogen-bond donors (Lipinski definition) is 1. The fourth-order valence-electron chi connectivity index (χ4n) is 2.99. The fraction of sp³-hybridized carbons (Fsp3) is 1.00. The Balaban J connectivity index is 1.63. The van der Waals surface area contributed by atoms with Crippen LogP contribution in [-0.2, 0) is 9.47 Å². The van der Waals surface area contributed by atoms with Crippen molar-refractivity contribution < 1.29 is 9.47 Å². The van der Waals surface area contributed by atoms with Crippen LogP contribution in [0.3, 0.4) is 0 Å². The average Bonchev–Trinajstić information content (AvgIpc) is 2.40. The molecule has 2 aliphatic rings. The summed E-state index contributed by atoms with van der Waals surface area (Å²) in [6.45, 7) is 8.57. The van der Waals surface area contributed by atoms with Crippen molar-refractivity contribution in [2.45, 2.75) is 44.2 Å². The zero-order chi connectivity index (χ0) is 12.8. The molecule has 2 heterocycles. The van der Waals surface area contributed by atoms with Crippen LogP contribution in [0.1, 0.15) is 32.6 Å². The molecule has 0 aromatic heterocycles. The molecule has 0 amide bonds. The van der Waals surface area contributed by atoms with Gasteiger partial charge in [0.05, 0.1) is 5.60 Å². The van der Waals surface area contributed by atoms with Gasteiger partial charge in [-0.1, -0.05) is 0 Å². The van der Waals surface area contributed by atoms with E-state index in [1.54, 1.807) is 0 Å². The second-order valence-corrected chi connectivity index (χ2v) is 5.87. The van der Waals surface area contributed by atoms with Crippen molar-refractivity contribution >= 4 is 0 Å². The summed E-state index contributed by atoms with van der Waals surface area (Å²) in [4.78, 5) is 2.53. The first-order valence-electron chi connectivity index (χ1n) is 7.30. The van der Waals surface area contributed by atoms with Crippen molar-refractivity contribution in [2.75, 3.05) is 46.5 Å². The maximum absolute atomic E-state index is 5.63. The van der Waals surface area contributed by atoms with E-state index in [1.165, 1.54) is 19.4 Å². The molecular weight excluding hydrogens is 228 g/mol. The minimum Gasteiger partial charge on any atom is -0.381 e. The van der Waals surface area contributed by atoms with Gasteiger partial charge in [0.15, 0.2) is 0 Å². The summed E-state index contributed by atoms with van der Waals surface area (Å²) in [5.74, 6) is 0. The van der Waals surface area contributed by atoms with Crippen LogP contribution in [0.4, 0.5) is 0 Å². The van der Waals surface area contributed by atoms with Crippen LogP contribution in [-0.4, -0.2) is 63.0 Å². The molecule has 4 heteroatoms. The lowest BCUT2D eigenvalue weighted by Gasteiger charge is -2.39. The first-order chi connectivity index (χ1) is 8.72. The molecule has 0 aromatic carbocycles. The van der Waals surface area contributed by atoms with Gasteiger partial charge in [-0.2, -0.15) is 0 Å². The Bertz CT molecular complexity index is 244. The molecule has 4 nitrogen and oxygen atoms in total. The van der Waals surface area contributed by atoms with Crippen LogP contribution in [0.2, 0.25) is 0 Å². The first kappa shape index (κ1) is 14.3. The summed E-state index contributed by atoms with van der Waals surface area (Å²) >= 11 is 0. The van der Waals surface area contributed by atoms with E-state index in [9.17, 15) is 0 Å². The summed E-state index contributed by atoms with van der Waals surface area (Å²) < 4.78 is 11.0. The Morgan fingerprint density at radius 3 is 2.89 bits per heavy atom. The van der Waals surface area contributed by atoms with Crippen molar-refractivity contribution in [3.8, 4) is 0 Å². The molecule has 18 heavy (non-hydrogen) atoms. The van der Waals surface area contributed by atoms with E-state index < -0.39 is 0 Å². The first-order valence-corrected chi connectivity index (χ1v) is 7.30. The van der Waals surface area contributed by atoms with Crippen molar-refractivity contribution in [1.29, 1.82) is 0 Å². The van der Waals surface area contributed by atoms with E-state index in [2.05, 4.69) is 17.1 Å². The highest BCUT2D eigenvalue weighted by molar-refractivity contribution is 4.85. The molecule has 2 saturated heterocycles. The van der Waals surface area contributed by atoms with Gasteiger partial charge in [-0.05, 0) is 39.2 Å². The predicted octanol–water partition coefficient (Wildman–Crippen LogP) is 1.26. The van der Waals surface area contributed by atoms with Crippen molar-refractivity contribution in [1.82, 2.24) is 10.2 Å². The number of methoxy groups -OCH3 is 1. The lowest BCUT2D eigenvalue weighted by molar-refractivity contribution is -0.0504. The number of rotatable bonds is 5. The van der Waals surface area contributed by atoms with Crippen molar-refractivity contribution in [3.05, 3.63) is 0 Å². The van der Waals surface area contributed by atoms with Gasteiger partial charge < -0.3 is 14.8 Å². The number of nitrogens with zero attached hydrogens (tertiary/aromatic N) is 1. The van der Waals surface area contributed by atoms with Crippen LogP contribution in [0.5, 0.6) is 0 Å². The lowest BCUT2D eigenvalue weighted by Crippen LogP contribution is -2.49. The number of piperidine rings is 1. The Kier molecular flexibility index (Phi) is 5.42. The van der Waals surface area contributed by atoms with Crippen LogP contribution in [0, 0.1) is 0 Å². The second-order valence-electron chi connectivity index (χ2n) is 5.87. The third-order valence-electron chi connectivity index (χ3n) is 4.31. The minimum absolute atomic E-state index is 0.0664. The molecule has 2 aliphatic heterocycles. The standard InChI is InChI=1S/C14H28N2O2/c1-14(17-2)6-3-8-16(12-14)9-7-15-13-4-10-18-11-5-13/h13,15H,3-12H2,1-2H3. The molecule has 0 aliphatic carbocycles. The Morgan fingerprint density at radius 2 is 2.17 bits per heavy atom. The predicted molar refractivity (Wildman–Crippen MR) is 72.9 cm³/mol. The number of likely N-dealkylation sites (tertiary alicyclic amines) is 1. The highest BCUT2D eigenvalue weighted by atomic mass is 16.5.